The lowest BCUT2D eigenvalue weighted by atomic mass is 11.8. The molecule has 0 saturated carbocycles. The third kappa shape index (κ3) is 1.51. The molecule has 0 fully saturated rings. The summed E-state index contributed by atoms with van der Waals surface area (Å²) in [5.41, 5.74) is 1.46. The van der Waals surface area contributed by atoms with Crippen LogP contribution in [-0.2, 0) is 4.46 Å². The molecule has 0 aliphatic carbocycles. The summed E-state index contributed by atoms with van der Waals surface area (Å²) < 4.78 is 9.02. The van der Waals surface area contributed by atoms with E-state index >= 15 is 0 Å². The van der Waals surface area contributed by atoms with E-state index in [0.29, 0.717) is 0 Å². The van der Waals surface area contributed by atoms with E-state index in [1.165, 1.54) is 5.69 Å². The van der Waals surface area contributed by atoms with Crippen LogP contribution in [0, 0.1) is 11.0 Å². The number of nitriles is 1. The van der Waals surface area contributed by atoms with Crippen molar-refractivity contribution in [2.45, 2.75) is 0 Å². The molecule has 4 heavy (non-hydrogen) atoms. The normalized spacial score (nSPS) is 3.75. The third-order valence-corrected chi connectivity index (χ3v) is 0.158. The molecule has 0 N–H and O–H groups in total. The molecule has 0 aromatic heterocycles. The predicted molar refractivity (Wildman–Crippen MR) is 13.4 cm³/mol. The second-order valence-electron chi connectivity index (χ2n) is 0.247. The highest BCUT2D eigenvalue weighted by Crippen LogP contribution is 1.16. The van der Waals surface area contributed by atoms with Gasteiger partial charge in [0.15, 0.2) is 0 Å². The number of hydrogen-bond acceptors (Lipinski definition) is 2. The third-order valence-electron chi connectivity index (χ3n) is 0.0527. The van der Waals surface area contributed by atoms with Gasteiger partial charge in [-0.05, 0) is 0 Å². The minimum atomic E-state index is -1.16. The fourth-order valence-electron chi connectivity index (χ4n) is 0. The first kappa shape index (κ1) is 3.51. The summed E-state index contributed by atoms with van der Waals surface area (Å²) in [5.74, 6) is 0. The first-order valence-corrected chi connectivity index (χ1v) is 1.80. The summed E-state index contributed by atoms with van der Waals surface area (Å²) in [6.45, 7) is 0. The van der Waals surface area contributed by atoms with Gasteiger partial charge in [0.05, 0.1) is 5.69 Å². The van der Waals surface area contributed by atoms with Crippen molar-refractivity contribution in [3.8, 4) is 5.69 Å². The second kappa shape index (κ2) is 2.51. The Labute approximate surface area is 25.9 Å². The summed E-state index contributed by atoms with van der Waals surface area (Å²) >= 11 is 0. The van der Waals surface area contributed by atoms with E-state index in [4.69, 9.17) is 9.72 Å². The standard InChI is InChI=1S/CHNOSi/c2-1-4-3/h4H. The summed E-state index contributed by atoms with van der Waals surface area (Å²) in [4.78, 5) is 0. The van der Waals surface area contributed by atoms with Crippen LogP contribution in [0.15, 0.2) is 0 Å². The monoisotopic (exact) mass is 71.0 g/mol. The molecule has 0 rings (SSSR count). The number of nitrogens with zero attached hydrogens (tertiary/aromatic N) is 1. The molecule has 3 heteroatoms. The van der Waals surface area contributed by atoms with Gasteiger partial charge in [-0.15, -0.1) is 0 Å². The van der Waals surface area contributed by atoms with Crippen LogP contribution in [0.25, 0.3) is 0 Å². The van der Waals surface area contributed by atoms with Crippen molar-refractivity contribution >= 4 is 9.41 Å². The zero-order valence-electron chi connectivity index (χ0n) is 1.93. The Kier molecular flexibility index (Phi) is 2.20. The maximum absolute atomic E-state index is 9.02. The van der Waals surface area contributed by atoms with Gasteiger partial charge in [0.1, 0.15) is 0 Å². The maximum atomic E-state index is 9.02. The predicted octanol–water partition coefficient (Wildman–Crippen LogP) is -0.751. The Morgan fingerprint density at radius 3 is 2.25 bits per heavy atom. The minimum Gasteiger partial charge on any atom is -0.373 e. The smallest absolute Gasteiger partial charge is 0.373 e. The molecule has 20 valence electrons. The highest BCUT2D eigenvalue weighted by atomic mass is 28.2. The minimum absolute atomic E-state index is 1.16. The Bertz CT molecular complexity index is 53.5. The Balaban J connectivity index is 2.92. The van der Waals surface area contributed by atoms with Crippen molar-refractivity contribution in [3.63, 3.8) is 0 Å². The molecule has 2 nitrogen and oxygen atoms in total. The van der Waals surface area contributed by atoms with Gasteiger partial charge in [-0.25, -0.2) is 0 Å². The van der Waals surface area contributed by atoms with Crippen molar-refractivity contribution in [1.29, 1.82) is 5.26 Å². The molecule has 0 atom stereocenters. The van der Waals surface area contributed by atoms with Crippen LogP contribution in [0.2, 0.25) is 0 Å². The lowest BCUT2D eigenvalue weighted by molar-refractivity contribution is 0.583. The van der Waals surface area contributed by atoms with Gasteiger partial charge in [0, 0.05) is 0 Å². The molecule has 0 aromatic carbocycles. The topological polar surface area (TPSA) is 40.9 Å². The quantitative estimate of drug-likeness (QED) is 0.352. The molecule has 0 aliphatic rings. The van der Waals surface area contributed by atoms with Crippen LogP contribution >= 0.6 is 0 Å². The van der Waals surface area contributed by atoms with Crippen molar-refractivity contribution in [2.24, 2.45) is 0 Å². The summed E-state index contributed by atoms with van der Waals surface area (Å²) in [6, 6.07) is 0. The largest absolute Gasteiger partial charge is 0.379 e. The SMILES string of the molecule is N#C[SiH]=O. The van der Waals surface area contributed by atoms with Gasteiger partial charge in [-0.3, -0.25) is 0 Å². The molecule has 0 aromatic rings. The molecular weight excluding hydrogens is 70.1 g/mol. The van der Waals surface area contributed by atoms with Gasteiger partial charge >= 0.3 is 9.41 Å². The summed E-state index contributed by atoms with van der Waals surface area (Å²) in [7, 11) is -1.16. The van der Waals surface area contributed by atoms with E-state index in [-0.39, 0.29) is 0 Å². The molecule has 0 spiro atoms. The Hall–Kier alpha value is -0.493. The Morgan fingerprint density at radius 2 is 2.25 bits per heavy atom. The zero-order valence-corrected chi connectivity index (χ0v) is 3.09. The number of hydrogen-bond donors (Lipinski definition) is 0. The average Bonchev–Trinajstić information content (AvgIpc) is 1.37. The van der Waals surface area contributed by atoms with Crippen LogP contribution < -0.4 is 0 Å². The molecule has 0 saturated heterocycles. The average molecular weight is 71.1 g/mol. The fourth-order valence-corrected chi connectivity index (χ4v) is 0. The van der Waals surface area contributed by atoms with E-state index in [1.807, 2.05) is 0 Å². The molecular formula is CHNOSi. The van der Waals surface area contributed by atoms with Crippen LogP contribution in [0.4, 0.5) is 0 Å². The highest BCUT2D eigenvalue weighted by molar-refractivity contribution is 6.28. The maximum Gasteiger partial charge on any atom is 0.379 e. The molecule has 0 aliphatic heterocycles. The van der Waals surface area contributed by atoms with Crippen molar-refractivity contribution < 1.29 is 4.46 Å². The van der Waals surface area contributed by atoms with Gasteiger partial charge < -0.3 is 4.46 Å². The van der Waals surface area contributed by atoms with Crippen LogP contribution in [0.1, 0.15) is 0 Å². The van der Waals surface area contributed by atoms with Crippen molar-refractivity contribution in [3.05, 3.63) is 0 Å². The summed E-state index contributed by atoms with van der Waals surface area (Å²) in [5, 5.41) is 7.35. The molecule has 0 heterocycles. The van der Waals surface area contributed by atoms with Crippen molar-refractivity contribution in [1.82, 2.24) is 0 Å². The summed E-state index contributed by atoms with van der Waals surface area (Å²) in [6.07, 6.45) is 0. The van der Waals surface area contributed by atoms with Gasteiger partial charge in [0.2, 0.25) is 0 Å². The molecule has 0 amide bonds. The first-order valence-electron chi connectivity index (χ1n) is 0.748. The second-order valence-corrected chi connectivity index (χ2v) is 0.741. The number of rotatable bonds is 0. The van der Waals surface area contributed by atoms with E-state index in [2.05, 4.69) is 0 Å². The highest BCUT2D eigenvalue weighted by Gasteiger charge is 1.49. The van der Waals surface area contributed by atoms with Gasteiger partial charge in [0.25, 0.3) is 0 Å². The van der Waals surface area contributed by atoms with E-state index in [1.54, 1.807) is 0 Å². The Morgan fingerprint density at radius 1 is 2.00 bits per heavy atom. The molecule has 0 radical (unpaired) electrons. The molecule has 0 bridgehead atoms. The van der Waals surface area contributed by atoms with Crippen LogP contribution in [0.5, 0.6) is 0 Å². The van der Waals surface area contributed by atoms with E-state index in [0.717, 1.165) is 0 Å². The fraction of sp³-hybridized carbons (Fsp3) is 0. The van der Waals surface area contributed by atoms with Crippen molar-refractivity contribution in [2.75, 3.05) is 0 Å². The van der Waals surface area contributed by atoms with E-state index in [9.17, 15) is 0 Å². The lowest BCUT2D eigenvalue weighted by Crippen LogP contribution is -1.51. The molecule has 0 unspecified atom stereocenters. The lowest BCUT2D eigenvalue weighted by Gasteiger charge is -1.22. The first-order chi connectivity index (χ1) is 1.91. The van der Waals surface area contributed by atoms with Gasteiger partial charge in [-0.1, -0.05) is 0 Å². The van der Waals surface area contributed by atoms with Crippen LogP contribution in [0.3, 0.4) is 0 Å². The van der Waals surface area contributed by atoms with E-state index < -0.39 is 9.41 Å². The zero-order chi connectivity index (χ0) is 3.41. The van der Waals surface area contributed by atoms with Crippen LogP contribution in [-0.4, -0.2) is 9.41 Å². The van der Waals surface area contributed by atoms with Gasteiger partial charge in [-0.2, -0.15) is 5.26 Å².